The first-order chi connectivity index (χ1) is 14.1. The Kier molecular flexibility index (Phi) is 6.22. The number of aromatic nitrogens is 2. The van der Waals surface area contributed by atoms with Crippen LogP contribution in [-0.2, 0) is 0 Å². The molecule has 1 atom stereocenters. The molecule has 2 aromatic carbocycles. The number of hydrogen-bond acceptors (Lipinski definition) is 8. The molecular weight excluding hydrogens is 370 g/mol. The van der Waals surface area contributed by atoms with Gasteiger partial charge < -0.3 is 14.6 Å². The zero-order chi connectivity index (χ0) is 20.6. The molecule has 0 spiro atoms. The van der Waals surface area contributed by atoms with E-state index in [2.05, 4.69) is 26.6 Å². The fraction of sp³-hybridized carbons (Fsp3) is 0.143. The molecule has 8 heteroatoms. The number of phenols is 1. The average molecular weight is 389 g/mol. The number of benzene rings is 2. The molecule has 0 saturated heterocycles. The third-order valence-electron chi connectivity index (χ3n) is 4.10. The third kappa shape index (κ3) is 4.78. The van der Waals surface area contributed by atoms with E-state index in [4.69, 9.17) is 9.47 Å². The Morgan fingerprint density at radius 3 is 2.55 bits per heavy atom. The van der Waals surface area contributed by atoms with Gasteiger partial charge in [-0.1, -0.05) is 6.07 Å². The van der Waals surface area contributed by atoms with Crippen LogP contribution in [0.5, 0.6) is 17.2 Å². The highest BCUT2D eigenvalue weighted by Gasteiger charge is 2.18. The van der Waals surface area contributed by atoms with Crippen LogP contribution in [0.25, 0.3) is 0 Å². The molecule has 0 unspecified atom stereocenters. The van der Waals surface area contributed by atoms with Crippen LogP contribution in [-0.4, -0.2) is 35.5 Å². The maximum atomic E-state index is 9.70. The van der Waals surface area contributed by atoms with Crippen LogP contribution in [0, 0.1) is 11.3 Å². The van der Waals surface area contributed by atoms with Gasteiger partial charge in [-0.3, -0.25) is 10.4 Å². The van der Waals surface area contributed by atoms with Gasteiger partial charge in [-0.25, -0.2) is 4.98 Å². The molecule has 1 aromatic heterocycles. The van der Waals surface area contributed by atoms with Gasteiger partial charge in [0.2, 0.25) is 0 Å². The van der Waals surface area contributed by atoms with Gasteiger partial charge in [0, 0.05) is 0 Å². The van der Waals surface area contributed by atoms with Crippen molar-refractivity contribution in [2.75, 3.05) is 19.6 Å². The first-order valence-corrected chi connectivity index (χ1v) is 8.66. The van der Waals surface area contributed by atoms with E-state index in [0.29, 0.717) is 28.6 Å². The van der Waals surface area contributed by atoms with E-state index >= 15 is 0 Å². The summed E-state index contributed by atoms with van der Waals surface area (Å²) in [6.45, 7) is 0. The summed E-state index contributed by atoms with van der Waals surface area (Å²) in [6, 6.07) is 14.1. The van der Waals surface area contributed by atoms with Crippen molar-refractivity contribution in [3.63, 3.8) is 0 Å². The standard InChI is InChI=1S/C21H19N5O3/c1-28-19-8-5-15(9-20(19)29-2)17(10-22)18-12-23-13-21(25-18)26-24-11-14-3-6-16(27)7-4-14/h3-9,11-13,17,27H,1-2H3,(H,25,26)/t17-/m1/s1. The van der Waals surface area contributed by atoms with Crippen LogP contribution in [0.1, 0.15) is 22.7 Å². The maximum absolute atomic E-state index is 9.70. The Balaban J connectivity index is 1.80. The van der Waals surface area contributed by atoms with Crippen LogP contribution in [0.15, 0.2) is 60.0 Å². The van der Waals surface area contributed by atoms with Gasteiger partial charge in [-0.05, 0) is 47.5 Å². The number of nitrogens with zero attached hydrogens (tertiary/aromatic N) is 4. The number of anilines is 1. The zero-order valence-electron chi connectivity index (χ0n) is 15.9. The Labute approximate surface area is 168 Å². The summed E-state index contributed by atoms with van der Waals surface area (Å²) in [6.07, 6.45) is 4.64. The largest absolute Gasteiger partial charge is 0.508 e. The minimum absolute atomic E-state index is 0.186. The van der Waals surface area contributed by atoms with Crippen molar-refractivity contribution < 1.29 is 14.6 Å². The molecule has 3 aromatic rings. The Bertz CT molecular complexity index is 1040. The number of nitriles is 1. The number of nitrogens with one attached hydrogen (secondary N) is 1. The van der Waals surface area contributed by atoms with Crippen LogP contribution >= 0.6 is 0 Å². The van der Waals surface area contributed by atoms with Crippen LogP contribution in [0.3, 0.4) is 0 Å². The summed E-state index contributed by atoms with van der Waals surface area (Å²) >= 11 is 0. The lowest BCUT2D eigenvalue weighted by atomic mass is 9.97. The third-order valence-corrected chi connectivity index (χ3v) is 4.10. The quantitative estimate of drug-likeness (QED) is 0.471. The van der Waals surface area contributed by atoms with Crippen molar-refractivity contribution in [2.45, 2.75) is 5.92 Å². The molecule has 0 amide bonds. The first-order valence-electron chi connectivity index (χ1n) is 8.66. The molecule has 0 aliphatic rings. The van der Waals surface area contributed by atoms with E-state index in [-0.39, 0.29) is 5.75 Å². The molecule has 0 saturated carbocycles. The molecule has 29 heavy (non-hydrogen) atoms. The summed E-state index contributed by atoms with van der Waals surface area (Å²) in [7, 11) is 3.10. The van der Waals surface area contributed by atoms with Gasteiger partial charge in [0.25, 0.3) is 0 Å². The van der Waals surface area contributed by atoms with Crippen molar-refractivity contribution in [1.29, 1.82) is 5.26 Å². The summed E-state index contributed by atoms with van der Waals surface area (Å²) in [4.78, 5) is 8.60. The second-order valence-electron chi connectivity index (χ2n) is 5.97. The summed E-state index contributed by atoms with van der Waals surface area (Å²) in [5.74, 6) is 1.07. The first kappa shape index (κ1) is 19.6. The minimum Gasteiger partial charge on any atom is -0.508 e. The molecule has 0 radical (unpaired) electrons. The summed E-state index contributed by atoms with van der Waals surface area (Å²) < 4.78 is 10.6. The molecule has 0 aliphatic heterocycles. The molecule has 8 nitrogen and oxygen atoms in total. The Morgan fingerprint density at radius 2 is 1.86 bits per heavy atom. The second kappa shape index (κ2) is 9.19. The number of ether oxygens (including phenoxy) is 2. The van der Waals surface area contributed by atoms with Gasteiger partial charge >= 0.3 is 0 Å². The zero-order valence-corrected chi connectivity index (χ0v) is 15.9. The van der Waals surface area contributed by atoms with Crippen molar-refractivity contribution in [3.8, 4) is 23.3 Å². The highest BCUT2D eigenvalue weighted by molar-refractivity contribution is 5.80. The SMILES string of the molecule is COc1ccc([C@@H](C#N)c2cncc(NN=Cc3ccc(O)cc3)n2)cc1OC. The molecular formula is C21H19N5O3. The van der Waals surface area contributed by atoms with Gasteiger partial charge in [0.05, 0.1) is 44.6 Å². The van der Waals surface area contributed by atoms with Crippen LogP contribution < -0.4 is 14.9 Å². The lowest BCUT2D eigenvalue weighted by Gasteiger charge is -2.13. The number of rotatable bonds is 7. The molecule has 0 bridgehead atoms. The summed E-state index contributed by atoms with van der Waals surface area (Å²) in [5.41, 5.74) is 4.79. The molecule has 146 valence electrons. The lowest BCUT2D eigenvalue weighted by Crippen LogP contribution is -2.05. The van der Waals surface area contributed by atoms with E-state index < -0.39 is 5.92 Å². The molecule has 3 rings (SSSR count). The Hall–Kier alpha value is -4.12. The van der Waals surface area contributed by atoms with E-state index in [0.717, 1.165) is 5.56 Å². The normalized spacial score (nSPS) is 11.6. The van der Waals surface area contributed by atoms with Crippen molar-refractivity contribution in [3.05, 3.63) is 71.7 Å². The van der Waals surface area contributed by atoms with E-state index in [1.165, 1.54) is 6.20 Å². The highest BCUT2D eigenvalue weighted by atomic mass is 16.5. The van der Waals surface area contributed by atoms with Crippen LogP contribution in [0.2, 0.25) is 0 Å². The van der Waals surface area contributed by atoms with Crippen LogP contribution in [0.4, 0.5) is 5.82 Å². The van der Waals surface area contributed by atoms with E-state index in [9.17, 15) is 10.4 Å². The fourth-order valence-corrected chi connectivity index (χ4v) is 2.65. The number of methoxy groups -OCH3 is 2. The molecule has 0 aliphatic carbocycles. The number of hydrogen-bond donors (Lipinski definition) is 2. The summed E-state index contributed by atoms with van der Waals surface area (Å²) in [5, 5.41) is 23.1. The Morgan fingerprint density at radius 1 is 1.10 bits per heavy atom. The van der Waals surface area contributed by atoms with Crippen molar-refractivity contribution in [2.24, 2.45) is 5.10 Å². The minimum atomic E-state index is -0.634. The van der Waals surface area contributed by atoms with E-state index in [1.54, 1.807) is 69.1 Å². The monoisotopic (exact) mass is 389 g/mol. The molecule has 2 N–H and O–H groups in total. The van der Waals surface area contributed by atoms with Crippen molar-refractivity contribution in [1.82, 2.24) is 9.97 Å². The van der Waals surface area contributed by atoms with Crippen molar-refractivity contribution >= 4 is 12.0 Å². The predicted octanol–water partition coefficient (Wildman–Crippen LogP) is 3.30. The van der Waals surface area contributed by atoms with Gasteiger partial charge in [-0.15, -0.1) is 0 Å². The van der Waals surface area contributed by atoms with E-state index in [1.807, 2.05) is 0 Å². The second-order valence-corrected chi connectivity index (χ2v) is 5.97. The van der Waals surface area contributed by atoms with Gasteiger partial charge in [0.1, 0.15) is 11.7 Å². The maximum Gasteiger partial charge on any atom is 0.165 e. The lowest BCUT2D eigenvalue weighted by molar-refractivity contribution is 0.354. The number of aromatic hydroxyl groups is 1. The molecule has 0 fully saturated rings. The highest BCUT2D eigenvalue weighted by Crippen LogP contribution is 2.32. The smallest absolute Gasteiger partial charge is 0.165 e. The molecule has 1 heterocycles. The average Bonchev–Trinajstić information content (AvgIpc) is 2.76. The number of hydrazone groups is 1. The topological polar surface area (TPSA) is 113 Å². The number of phenolic OH excluding ortho intramolecular Hbond substituents is 1. The fourth-order valence-electron chi connectivity index (χ4n) is 2.65. The van der Waals surface area contributed by atoms with Gasteiger partial charge in [-0.2, -0.15) is 10.4 Å². The van der Waals surface area contributed by atoms with Gasteiger partial charge in [0.15, 0.2) is 17.3 Å². The predicted molar refractivity (Wildman–Crippen MR) is 108 cm³/mol.